The molecule has 1 fully saturated rings. The van der Waals surface area contributed by atoms with Crippen LogP contribution in [0, 0.1) is 0 Å². The van der Waals surface area contributed by atoms with E-state index in [0.29, 0.717) is 5.92 Å². The van der Waals surface area contributed by atoms with E-state index in [0.717, 1.165) is 53.5 Å². The molecule has 0 aliphatic carbocycles. The zero-order valence-corrected chi connectivity index (χ0v) is 15.5. The summed E-state index contributed by atoms with van der Waals surface area (Å²) in [5.41, 5.74) is 11.3. The number of hydrogen-bond acceptors (Lipinski definition) is 5. The fraction of sp³-hybridized carbons (Fsp3) is 0.381. The van der Waals surface area contributed by atoms with Gasteiger partial charge in [-0.1, -0.05) is 18.2 Å². The number of piperidine rings is 1. The van der Waals surface area contributed by atoms with Crippen LogP contribution in [-0.4, -0.2) is 51.0 Å². The lowest BCUT2D eigenvalue weighted by molar-refractivity contribution is 0.227. The van der Waals surface area contributed by atoms with Crippen molar-refractivity contribution in [2.75, 3.05) is 40.1 Å². The van der Waals surface area contributed by atoms with Crippen molar-refractivity contribution in [1.82, 2.24) is 4.90 Å². The molecule has 2 N–H and O–H groups in total. The number of hydrogen-bond donors (Lipinski definition) is 1. The molecule has 26 heavy (non-hydrogen) atoms. The number of nitrogens with zero attached hydrogens (tertiary/aromatic N) is 2. The molecule has 2 unspecified atom stereocenters. The molecule has 2 aromatic carbocycles. The molecule has 0 aromatic heterocycles. The van der Waals surface area contributed by atoms with Gasteiger partial charge < -0.3 is 20.1 Å². The van der Waals surface area contributed by atoms with Crippen molar-refractivity contribution in [3.8, 4) is 11.5 Å². The van der Waals surface area contributed by atoms with Gasteiger partial charge in [-0.15, -0.1) is 0 Å². The maximum atomic E-state index is 6.28. The zero-order valence-electron chi connectivity index (χ0n) is 15.5. The second-order valence-corrected chi connectivity index (χ2v) is 7.08. The van der Waals surface area contributed by atoms with Crippen molar-refractivity contribution in [2.45, 2.75) is 18.4 Å². The van der Waals surface area contributed by atoms with Crippen LogP contribution in [0.1, 0.15) is 29.0 Å². The minimum atomic E-state index is 0.270. The Morgan fingerprint density at radius 1 is 1.08 bits per heavy atom. The van der Waals surface area contributed by atoms with Gasteiger partial charge in [-0.05, 0) is 43.8 Å². The average molecular weight is 351 g/mol. The molecule has 0 spiro atoms. The number of rotatable bonds is 3. The van der Waals surface area contributed by atoms with E-state index < -0.39 is 0 Å². The maximum Gasteiger partial charge on any atom is 0.161 e. The van der Waals surface area contributed by atoms with Gasteiger partial charge in [-0.25, -0.2) is 0 Å². The Bertz CT molecular complexity index is 862. The van der Waals surface area contributed by atoms with Crippen LogP contribution in [0.4, 0.5) is 5.69 Å². The van der Waals surface area contributed by atoms with E-state index in [2.05, 4.69) is 18.0 Å². The van der Waals surface area contributed by atoms with E-state index in [1.165, 1.54) is 5.56 Å². The number of likely N-dealkylation sites (N-methyl/N-ethyl adjacent to an activating group) is 1. The Labute approximate surface area is 154 Å². The number of benzene rings is 2. The van der Waals surface area contributed by atoms with Gasteiger partial charge in [-0.3, -0.25) is 4.99 Å². The number of methoxy groups -OCH3 is 2. The molecule has 5 nitrogen and oxygen atoms in total. The molecule has 2 aromatic rings. The number of ether oxygens (including phenoxy) is 2. The van der Waals surface area contributed by atoms with E-state index in [4.69, 9.17) is 20.2 Å². The molecule has 1 saturated heterocycles. The SMILES string of the molecule is COc1cc2c(cc1OC)C1CN(C)CCC1N=C2c1ccccc1N. The smallest absolute Gasteiger partial charge is 0.161 e. The lowest BCUT2D eigenvalue weighted by Crippen LogP contribution is -2.42. The molecule has 2 aliphatic heterocycles. The summed E-state index contributed by atoms with van der Waals surface area (Å²) in [5.74, 6) is 1.84. The number of likely N-dealkylation sites (tertiary alicyclic amines) is 1. The first kappa shape index (κ1) is 16.9. The van der Waals surface area contributed by atoms with Crippen LogP contribution in [0.15, 0.2) is 41.4 Å². The largest absolute Gasteiger partial charge is 0.493 e. The van der Waals surface area contributed by atoms with Crippen molar-refractivity contribution in [3.63, 3.8) is 0 Å². The predicted octanol–water partition coefficient (Wildman–Crippen LogP) is 2.92. The third-order valence-electron chi connectivity index (χ3n) is 5.50. The molecule has 0 saturated carbocycles. The zero-order chi connectivity index (χ0) is 18.3. The number of aliphatic imine (C=N–C) groups is 1. The first-order chi connectivity index (χ1) is 12.6. The standard InChI is InChI=1S/C21H25N3O2/c1-24-9-8-18-16(12-24)14-10-19(25-2)20(26-3)11-15(14)21(23-18)13-6-4-5-7-17(13)22/h4-7,10-11,16,18H,8-9,12,22H2,1-3H3. The summed E-state index contributed by atoms with van der Waals surface area (Å²) in [5, 5.41) is 0. The van der Waals surface area contributed by atoms with Gasteiger partial charge in [-0.2, -0.15) is 0 Å². The van der Waals surface area contributed by atoms with E-state index in [1.54, 1.807) is 14.2 Å². The molecule has 5 heteroatoms. The van der Waals surface area contributed by atoms with Gasteiger partial charge in [0.1, 0.15) is 0 Å². The lowest BCUT2D eigenvalue weighted by Gasteiger charge is -2.39. The van der Waals surface area contributed by atoms with Crippen LogP contribution in [0.3, 0.4) is 0 Å². The highest BCUT2D eigenvalue weighted by atomic mass is 16.5. The molecule has 0 radical (unpaired) electrons. The Balaban J connectivity index is 1.93. The molecule has 4 rings (SSSR count). The summed E-state index contributed by atoms with van der Waals surface area (Å²) in [7, 11) is 5.52. The fourth-order valence-electron chi connectivity index (χ4n) is 4.13. The van der Waals surface area contributed by atoms with Gasteiger partial charge in [0, 0.05) is 29.3 Å². The molecular formula is C21H25N3O2. The molecule has 0 bridgehead atoms. The van der Waals surface area contributed by atoms with E-state index in [1.807, 2.05) is 30.3 Å². The first-order valence-corrected chi connectivity index (χ1v) is 9.00. The summed E-state index contributed by atoms with van der Waals surface area (Å²) in [6.45, 7) is 2.05. The van der Waals surface area contributed by atoms with Crippen molar-refractivity contribution in [2.24, 2.45) is 4.99 Å². The van der Waals surface area contributed by atoms with E-state index in [9.17, 15) is 0 Å². The predicted molar refractivity (Wildman–Crippen MR) is 105 cm³/mol. The summed E-state index contributed by atoms with van der Waals surface area (Å²) in [6, 6.07) is 12.4. The number of nitrogen functional groups attached to an aromatic ring is 1. The number of para-hydroxylation sites is 1. The third-order valence-corrected chi connectivity index (χ3v) is 5.50. The topological polar surface area (TPSA) is 60.1 Å². The second-order valence-electron chi connectivity index (χ2n) is 7.08. The first-order valence-electron chi connectivity index (χ1n) is 9.00. The number of nitrogens with two attached hydrogens (primary N) is 1. The van der Waals surface area contributed by atoms with Gasteiger partial charge in [0.25, 0.3) is 0 Å². The van der Waals surface area contributed by atoms with Gasteiger partial charge >= 0.3 is 0 Å². The molecule has 0 amide bonds. The summed E-state index contributed by atoms with van der Waals surface area (Å²) >= 11 is 0. The minimum absolute atomic E-state index is 0.270. The highest BCUT2D eigenvalue weighted by Gasteiger charge is 2.36. The van der Waals surface area contributed by atoms with Crippen molar-refractivity contribution in [1.29, 1.82) is 0 Å². The Morgan fingerprint density at radius 3 is 2.54 bits per heavy atom. The maximum absolute atomic E-state index is 6.28. The van der Waals surface area contributed by atoms with Crippen molar-refractivity contribution in [3.05, 3.63) is 53.1 Å². The van der Waals surface area contributed by atoms with Gasteiger partial charge in [0.2, 0.25) is 0 Å². The van der Waals surface area contributed by atoms with Gasteiger partial charge in [0.05, 0.1) is 26.0 Å². The van der Waals surface area contributed by atoms with Crippen LogP contribution in [0.5, 0.6) is 11.5 Å². The van der Waals surface area contributed by atoms with Gasteiger partial charge in [0.15, 0.2) is 11.5 Å². The third kappa shape index (κ3) is 2.72. The van der Waals surface area contributed by atoms with Crippen LogP contribution < -0.4 is 15.2 Å². The molecule has 2 atom stereocenters. The Kier molecular flexibility index (Phi) is 4.32. The van der Waals surface area contributed by atoms with Crippen molar-refractivity contribution >= 4 is 11.4 Å². The van der Waals surface area contributed by atoms with E-state index in [-0.39, 0.29) is 6.04 Å². The summed E-state index contributed by atoms with van der Waals surface area (Å²) < 4.78 is 11.1. The number of anilines is 1. The monoisotopic (exact) mass is 351 g/mol. The molecular weight excluding hydrogens is 326 g/mol. The summed E-state index contributed by atoms with van der Waals surface area (Å²) in [4.78, 5) is 7.53. The Morgan fingerprint density at radius 2 is 1.81 bits per heavy atom. The van der Waals surface area contributed by atoms with Crippen LogP contribution >= 0.6 is 0 Å². The fourth-order valence-corrected chi connectivity index (χ4v) is 4.13. The van der Waals surface area contributed by atoms with Crippen LogP contribution in [0.25, 0.3) is 0 Å². The number of fused-ring (bicyclic) bond motifs is 3. The average Bonchev–Trinajstić information content (AvgIpc) is 2.67. The highest BCUT2D eigenvalue weighted by Crippen LogP contribution is 2.42. The second kappa shape index (κ2) is 6.65. The summed E-state index contributed by atoms with van der Waals surface area (Å²) in [6.07, 6.45) is 1.05. The van der Waals surface area contributed by atoms with Crippen LogP contribution in [-0.2, 0) is 0 Å². The molecule has 2 aliphatic rings. The van der Waals surface area contributed by atoms with Crippen molar-refractivity contribution < 1.29 is 9.47 Å². The quantitative estimate of drug-likeness (QED) is 0.864. The normalized spacial score (nSPS) is 22.2. The molecule has 2 heterocycles. The van der Waals surface area contributed by atoms with E-state index >= 15 is 0 Å². The minimum Gasteiger partial charge on any atom is -0.493 e. The highest BCUT2D eigenvalue weighted by molar-refractivity contribution is 6.17. The Hall–Kier alpha value is -2.53. The lowest BCUT2D eigenvalue weighted by atomic mass is 9.78. The van der Waals surface area contributed by atoms with Crippen LogP contribution in [0.2, 0.25) is 0 Å². The molecule has 136 valence electrons.